The van der Waals surface area contributed by atoms with Crippen molar-refractivity contribution in [1.82, 2.24) is 14.5 Å². The average molecular weight is 270 g/mol. The summed E-state index contributed by atoms with van der Waals surface area (Å²) in [7, 11) is 0. The number of hydrogen-bond donors (Lipinski definition) is 1. The maximum absolute atomic E-state index is 13.9. The molecule has 5 heteroatoms. The number of nitrogens with two attached hydrogens (primary N) is 1. The summed E-state index contributed by atoms with van der Waals surface area (Å²) >= 11 is 0. The molecule has 0 aliphatic heterocycles. The first-order chi connectivity index (χ1) is 9.58. The molecule has 0 radical (unpaired) electrons. The quantitative estimate of drug-likeness (QED) is 0.776. The van der Waals surface area contributed by atoms with Crippen molar-refractivity contribution in [2.75, 3.05) is 5.73 Å². The van der Waals surface area contributed by atoms with E-state index in [-0.39, 0.29) is 11.9 Å². The second-order valence-electron chi connectivity index (χ2n) is 5.01. The smallest absolute Gasteiger partial charge is 0.151 e. The van der Waals surface area contributed by atoms with Crippen molar-refractivity contribution in [3.8, 4) is 11.4 Å². The minimum Gasteiger partial charge on any atom is -0.397 e. The molecule has 1 aromatic carbocycles. The second kappa shape index (κ2) is 4.59. The number of nitrogen functional groups attached to an aromatic ring is 1. The summed E-state index contributed by atoms with van der Waals surface area (Å²) in [4.78, 5) is 8.52. The Hall–Kier alpha value is -2.43. The molecule has 2 heterocycles. The van der Waals surface area contributed by atoms with Gasteiger partial charge in [0.1, 0.15) is 11.3 Å². The molecule has 0 atom stereocenters. The van der Waals surface area contributed by atoms with E-state index in [1.807, 2.05) is 24.5 Å². The molecule has 0 aliphatic carbocycles. The number of imidazole rings is 1. The lowest BCUT2D eigenvalue weighted by Crippen LogP contribution is -2.03. The Bertz CT molecular complexity index is 777. The lowest BCUT2D eigenvalue weighted by Gasteiger charge is -2.13. The zero-order valence-electron chi connectivity index (χ0n) is 11.3. The average Bonchev–Trinajstić information content (AvgIpc) is 2.79. The molecule has 0 saturated carbocycles. The number of anilines is 1. The van der Waals surface area contributed by atoms with Crippen LogP contribution in [0, 0.1) is 5.82 Å². The van der Waals surface area contributed by atoms with Gasteiger partial charge >= 0.3 is 0 Å². The van der Waals surface area contributed by atoms with Gasteiger partial charge in [-0.3, -0.25) is 4.98 Å². The van der Waals surface area contributed by atoms with Crippen LogP contribution in [-0.2, 0) is 0 Å². The molecule has 0 unspecified atom stereocenters. The fourth-order valence-corrected chi connectivity index (χ4v) is 2.39. The highest BCUT2D eigenvalue weighted by Gasteiger charge is 2.17. The monoisotopic (exact) mass is 270 g/mol. The SMILES string of the molecule is CC(C)n1c(-c2cncc(N)c2)nc2c(F)cccc21. The number of rotatable bonds is 2. The van der Waals surface area contributed by atoms with E-state index in [1.165, 1.54) is 6.07 Å². The van der Waals surface area contributed by atoms with Crippen molar-refractivity contribution in [3.63, 3.8) is 0 Å². The van der Waals surface area contributed by atoms with Gasteiger partial charge in [-0.1, -0.05) is 6.07 Å². The molecular formula is C15H15FN4. The van der Waals surface area contributed by atoms with Crippen molar-refractivity contribution in [2.24, 2.45) is 0 Å². The van der Waals surface area contributed by atoms with Crippen LogP contribution in [0.25, 0.3) is 22.4 Å². The third kappa shape index (κ3) is 1.91. The highest BCUT2D eigenvalue weighted by molar-refractivity contribution is 5.81. The molecule has 3 rings (SSSR count). The summed E-state index contributed by atoms with van der Waals surface area (Å²) in [6.07, 6.45) is 3.26. The highest BCUT2D eigenvalue weighted by Crippen LogP contribution is 2.29. The van der Waals surface area contributed by atoms with Gasteiger partial charge in [-0.05, 0) is 32.0 Å². The maximum atomic E-state index is 13.9. The van der Waals surface area contributed by atoms with Gasteiger partial charge in [0.25, 0.3) is 0 Å². The Kier molecular flexibility index (Phi) is 2.89. The van der Waals surface area contributed by atoms with Gasteiger partial charge in [-0.2, -0.15) is 0 Å². The second-order valence-corrected chi connectivity index (χ2v) is 5.01. The summed E-state index contributed by atoms with van der Waals surface area (Å²) < 4.78 is 15.9. The number of para-hydroxylation sites is 1. The summed E-state index contributed by atoms with van der Waals surface area (Å²) in [5.74, 6) is 0.361. The summed E-state index contributed by atoms with van der Waals surface area (Å²) in [6, 6.07) is 6.93. The first-order valence-corrected chi connectivity index (χ1v) is 6.45. The van der Waals surface area contributed by atoms with Crippen LogP contribution in [0.2, 0.25) is 0 Å². The molecule has 0 aliphatic rings. The van der Waals surface area contributed by atoms with Crippen molar-refractivity contribution in [3.05, 3.63) is 42.5 Å². The Morgan fingerprint density at radius 3 is 2.75 bits per heavy atom. The number of nitrogens with zero attached hydrogens (tertiary/aromatic N) is 3. The Balaban J connectivity index is 2.35. The third-order valence-electron chi connectivity index (χ3n) is 3.20. The molecule has 3 aromatic rings. The molecule has 2 N–H and O–H groups in total. The Morgan fingerprint density at radius 1 is 1.25 bits per heavy atom. The molecule has 4 nitrogen and oxygen atoms in total. The van der Waals surface area contributed by atoms with Gasteiger partial charge in [0.15, 0.2) is 5.82 Å². The minimum absolute atomic E-state index is 0.151. The van der Waals surface area contributed by atoms with E-state index in [1.54, 1.807) is 24.5 Å². The van der Waals surface area contributed by atoms with Crippen LogP contribution in [0.5, 0.6) is 0 Å². The van der Waals surface area contributed by atoms with Gasteiger partial charge in [-0.15, -0.1) is 0 Å². The van der Waals surface area contributed by atoms with Crippen LogP contribution in [0.3, 0.4) is 0 Å². The summed E-state index contributed by atoms with van der Waals surface area (Å²) in [6.45, 7) is 4.07. The van der Waals surface area contributed by atoms with Crippen molar-refractivity contribution >= 4 is 16.7 Å². The lowest BCUT2D eigenvalue weighted by molar-refractivity contribution is 0.623. The van der Waals surface area contributed by atoms with Crippen molar-refractivity contribution in [2.45, 2.75) is 19.9 Å². The first kappa shape index (κ1) is 12.6. The molecule has 2 aromatic heterocycles. The number of benzene rings is 1. The Labute approximate surface area is 116 Å². The number of fused-ring (bicyclic) bond motifs is 1. The summed E-state index contributed by atoms with van der Waals surface area (Å²) in [5.41, 5.74) is 8.27. The minimum atomic E-state index is -0.319. The van der Waals surface area contributed by atoms with Crippen molar-refractivity contribution in [1.29, 1.82) is 0 Å². The van der Waals surface area contributed by atoms with E-state index in [4.69, 9.17) is 5.73 Å². The first-order valence-electron chi connectivity index (χ1n) is 6.45. The van der Waals surface area contributed by atoms with Crippen LogP contribution >= 0.6 is 0 Å². The predicted octanol–water partition coefficient (Wildman–Crippen LogP) is 3.40. The van der Waals surface area contributed by atoms with Crippen molar-refractivity contribution < 1.29 is 4.39 Å². The van der Waals surface area contributed by atoms with Crippen LogP contribution in [0.1, 0.15) is 19.9 Å². The number of hydrogen-bond acceptors (Lipinski definition) is 3. The summed E-state index contributed by atoms with van der Waals surface area (Å²) in [5, 5.41) is 0. The van der Waals surface area contributed by atoms with Gasteiger partial charge < -0.3 is 10.3 Å². The molecule has 0 spiro atoms. The zero-order valence-corrected chi connectivity index (χ0v) is 11.3. The third-order valence-corrected chi connectivity index (χ3v) is 3.20. The fraction of sp³-hybridized carbons (Fsp3) is 0.200. The van der Waals surface area contributed by atoms with E-state index < -0.39 is 0 Å². The van der Waals surface area contributed by atoms with E-state index in [2.05, 4.69) is 9.97 Å². The van der Waals surface area contributed by atoms with E-state index in [0.717, 1.165) is 11.1 Å². The normalized spacial score (nSPS) is 11.4. The van der Waals surface area contributed by atoms with Gasteiger partial charge in [0.05, 0.1) is 11.2 Å². The van der Waals surface area contributed by atoms with Crippen LogP contribution in [0.4, 0.5) is 10.1 Å². The standard InChI is InChI=1S/C15H15FN4/c1-9(2)20-13-5-3-4-12(16)14(13)19-15(20)10-6-11(17)8-18-7-10/h3-9H,17H2,1-2H3. The fourth-order valence-electron chi connectivity index (χ4n) is 2.39. The van der Waals surface area contributed by atoms with E-state index in [0.29, 0.717) is 17.0 Å². The molecule has 0 fully saturated rings. The highest BCUT2D eigenvalue weighted by atomic mass is 19.1. The van der Waals surface area contributed by atoms with E-state index >= 15 is 0 Å². The lowest BCUT2D eigenvalue weighted by atomic mass is 10.2. The van der Waals surface area contributed by atoms with Gasteiger partial charge in [0.2, 0.25) is 0 Å². The molecule has 0 bridgehead atoms. The topological polar surface area (TPSA) is 56.7 Å². The number of halogens is 1. The predicted molar refractivity (Wildman–Crippen MR) is 77.7 cm³/mol. The van der Waals surface area contributed by atoms with Crippen LogP contribution < -0.4 is 5.73 Å². The zero-order chi connectivity index (χ0) is 14.3. The number of pyridine rings is 1. The molecule has 0 saturated heterocycles. The molecule has 0 amide bonds. The van der Waals surface area contributed by atoms with Crippen LogP contribution in [0.15, 0.2) is 36.7 Å². The number of aromatic nitrogens is 3. The van der Waals surface area contributed by atoms with Crippen LogP contribution in [-0.4, -0.2) is 14.5 Å². The molecule has 102 valence electrons. The van der Waals surface area contributed by atoms with Gasteiger partial charge in [-0.25, -0.2) is 9.37 Å². The Morgan fingerprint density at radius 2 is 2.05 bits per heavy atom. The molecular weight excluding hydrogens is 255 g/mol. The molecule has 20 heavy (non-hydrogen) atoms. The largest absolute Gasteiger partial charge is 0.397 e. The van der Waals surface area contributed by atoms with Gasteiger partial charge in [0, 0.05) is 24.0 Å². The maximum Gasteiger partial charge on any atom is 0.151 e. The van der Waals surface area contributed by atoms with E-state index in [9.17, 15) is 4.39 Å².